The van der Waals surface area contributed by atoms with Crippen molar-refractivity contribution in [3.8, 4) is 0 Å². The van der Waals surface area contributed by atoms with E-state index in [0.717, 1.165) is 0 Å². The lowest BCUT2D eigenvalue weighted by molar-refractivity contribution is -0.189. The molecule has 0 aliphatic carbocycles. The largest absolute Gasteiger partial charge is 0.467 e. The van der Waals surface area contributed by atoms with Crippen LogP contribution in [0.25, 0.3) is 0 Å². The Balaban J connectivity index is 2.42. The standard InChI is InChI=1S/C20H20O5/c1-18(2)16(21)25-19(14-10-6-4-7-11-14,15-12-8-5-9-13-15)20(18,23)17(22)24-3/h4-13,23H,1-3H3. The van der Waals surface area contributed by atoms with Crippen molar-refractivity contribution in [1.82, 2.24) is 0 Å². The van der Waals surface area contributed by atoms with Gasteiger partial charge in [0.25, 0.3) is 0 Å². The zero-order valence-corrected chi connectivity index (χ0v) is 14.4. The summed E-state index contributed by atoms with van der Waals surface area (Å²) in [5.41, 5.74) is -4.47. The predicted octanol–water partition coefficient (Wildman–Crippen LogP) is 2.42. The van der Waals surface area contributed by atoms with Crippen molar-refractivity contribution < 1.29 is 24.2 Å². The van der Waals surface area contributed by atoms with Crippen LogP contribution in [0.15, 0.2) is 60.7 Å². The maximum atomic E-state index is 12.8. The number of carbonyl (C=O) groups excluding carboxylic acids is 2. The maximum absolute atomic E-state index is 12.8. The summed E-state index contributed by atoms with van der Waals surface area (Å²) in [6.45, 7) is 2.97. The lowest BCUT2D eigenvalue weighted by atomic mass is 9.63. The van der Waals surface area contributed by atoms with Crippen LogP contribution in [-0.2, 0) is 24.7 Å². The molecule has 1 fully saturated rings. The van der Waals surface area contributed by atoms with E-state index in [1.54, 1.807) is 60.7 Å². The first kappa shape index (κ1) is 17.2. The summed E-state index contributed by atoms with van der Waals surface area (Å²) in [5, 5.41) is 11.7. The number of methoxy groups -OCH3 is 1. The zero-order chi connectivity index (χ0) is 18.3. The van der Waals surface area contributed by atoms with Crippen LogP contribution in [0.5, 0.6) is 0 Å². The monoisotopic (exact) mass is 340 g/mol. The Morgan fingerprint density at radius 3 is 1.80 bits per heavy atom. The van der Waals surface area contributed by atoms with Crippen LogP contribution < -0.4 is 0 Å². The molecule has 5 nitrogen and oxygen atoms in total. The van der Waals surface area contributed by atoms with E-state index in [0.29, 0.717) is 11.1 Å². The summed E-state index contributed by atoms with van der Waals surface area (Å²) < 4.78 is 10.7. The van der Waals surface area contributed by atoms with Crippen molar-refractivity contribution in [2.45, 2.75) is 25.0 Å². The van der Waals surface area contributed by atoms with E-state index in [9.17, 15) is 14.7 Å². The van der Waals surface area contributed by atoms with Gasteiger partial charge in [0, 0.05) is 11.1 Å². The average molecular weight is 340 g/mol. The Bertz CT molecular complexity index is 758. The van der Waals surface area contributed by atoms with Gasteiger partial charge in [0.1, 0.15) is 5.41 Å². The van der Waals surface area contributed by atoms with E-state index in [2.05, 4.69) is 0 Å². The molecule has 0 amide bonds. The molecule has 130 valence electrons. The molecule has 1 unspecified atom stereocenters. The lowest BCUT2D eigenvalue weighted by Gasteiger charge is -2.42. The van der Waals surface area contributed by atoms with Crippen molar-refractivity contribution in [2.24, 2.45) is 5.41 Å². The van der Waals surface area contributed by atoms with E-state index < -0.39 is 28.6 Å². The molecule has 0 aromatic heterocycles. The topological polar surface area (TPSA) is 72.8 Å². The molecule has 0 bridgehead atoms. The smallest absolute Gasteiger partial charge is 0.344 e. The van der Waals surface area contributed by atoms with Crippen LogP contribution in [0.4, 0.5) is 0 Å². The summed E-state index contributed by atoms with van der Waals surface area (Å²) >= 11 is 0. The minimum absolute atomic E-state index is 0.494. The van der Waals surface area contributed by atoms with Crippen LogP contribution in [0.3, 0.4) is 0 Å². The van der Waals surface area contributed by atoms with E-state index in [-0.39, 0.29) is 0 Å². The van der Waals surface area contributed by atoms with Gasteiger partial charge in [-0.05, 0) is 13.8 Å². The van der Waals surface area contributed by atoms with Gasteiger partial charge in [-0.25, -0.2) is 4.79 Å². The van der Waals surface area contributed by atoms with Gasteiger partial charge in [-0.3, -0.25) is 4.79 Å². The summed E-state index contributed by atoms with van der Waals surface area (Å²) in [7, 11) is 1.18. The fourth-order valence-electron chi connectivity index (χ4n) is 3.52. The second-order valence-electron chi connectivity index (χ2n) is 6.63. The summed E-state index contributed by atoms with van der Waals surface area (Å²) in [4.78, 5) is 25.5. The molecular weight excluding hydrogens is 320 g/mol. The fourth-order valence-corrected chi connectivity index (χ4v) is 3.52. The Kier molecular flexibility index (Phi) is 3.92. The molecule has 0 spiro atoms. The van der Waals surface area contributed by atoms with Gasteiger partial charge in [-0.2, -0.15) is 0 Å². The summed E-state index contributed by atoms with van der Waals surface area (Å²) in [6, 6.07) is 17.5. The number of esters is 2. The first-order valence-corrected chi connectivity index (χ1v) is 7.97. The van der Waals surface area contributed by atoms with Gasteiger partial charge >= 0.3 is 11.9 Å². The van der Waals surface area contributed by atoms with Crippen LogP contribution in [0.1, 0.15) is 25.0 Å². The van der Waals surface area contributed by atoms with Gasteiger partial charge in [-0.15, -0.1) is 0 Å². The summed E-state index contributed by atoms with van der Waals surface area (Å²) in [6.07, 6.45) is 0. The highest BCUT2D eigenvalue weighted by molar-refractivity contribution is 5.96. The third-order valence-electron chi connectivity index (χ3n) is 5.01. The van der Waals surface area contributed by atoms with Crippen molar-refractivity contribution in [3.63, 3.8) is 0 Å². The highest BCUT2D eigenvalue weighted by atomic mass is 16.6. The second kappa shape index (κ2) is 5.70. The number of hydrogen-bond donors (Lipinski definition) is 1. The number of ether oxygens (including phenoxy) is 2. The second-order valence-corrected chi connectivity index (χ2v) is 6.63. The molecule has 0 radical (unpaired) electrons. The first-order valence-electron chi connectivity index (χ1n) is 7.97. The molecule has 1 heterocycles. The quantitative estimate of drug-likeness (QED) is 0.869. The summed E-state index contributed by atoms with van der Waals surface area (Å²) in [5.74, 6) is -1.59. The van der Waals surface area contributed by atoms with E-state index in [1.165, 1.54) is 21.0 Å². The van der Waals surface area contributed by atoms with Gasteiger partial charge < -0.3 is 14.6 Å². The van der Waals surface area contributed by atoms with Crippen LogP contribution in [0.2, 0.25) is 0 Å². The molecule has 1 N–H and O–H groups in total. The Morgan fingerprint density at radius 2 is 1.40 bits per heavy atom. The Morgan fingerprint density at radius 1 is 0.960 bits per heavy atom. The predicted molar refractivity (Wildman–Crippen MR) is 90.5 cm³/mol. The van der Waals surface area contributed by atoms with Crippen molar-refractivity contribution in [2.75, 3.05) is 7.11 Å². The number of benzene rings is 2. The molecule has 2 aromatic rings. The number of cyclic esters (lactones) is 1. The van der Waals surface area contributed by atoms with Gasteiger partial charge in [0.15, 0.2) is 0 Å². The van der Waals surface area contributed by atoms with Gasteiger partial charge in [-0.1, -0.05) is 60.7 Å². The molecule has 1 saturated heterocycles. The SMILES string of the molecule is COC(=O)C1(O)C(C)(C)C(=O)OC1(c1ccccc1)c1ccccc1. The average Bonchev–Trinajstić information content (AvgIpc) is 2.81. The maximum Gasteiger partial charge on any atom is 0.344 e. The normalized spacial score (nSPS) is 23.8. The molecule has 5 heteroatoms. The lowest BCUT2D eigenvalue weighted by Crippen LogP contribution is -2.62. The van der Waals surface area contributed by atoms with Crippen molar-refractivity contribution >= 4 is 11.9 Å². The van der Waals surface area contributed by atoms with Crippen LogP contribution in [0, 0.1) is 5.41 Å². The highest BCUT2D eigenvalue weighted by Crippen LogP contribution is 2.57. The van der Waals surface area contributed by atoms with Crippen molar-refractivity contribution in [1.29, 1.82) is 0 Å². The van der Waals surface area contributed by atoms with E-state index in [4.69, 9.17) is 9.47 Å². The van der Waals surface area contributed by atoms with E-state index in [1.807, 2.05) is 0 Å². The van der Waals surface area contributed by atoms with Crippen molar-refractivity contribution in [3.05, 3.63) is 71.8 Å². The van der Waals surface area contributed by atoms with Crippen LogP contribution >= 0.6 is 0 Å². The third-order valence-corrected chi connectivity index (χ3v) is 5.01. The molecule has 1 aliphatic rings. The number of rotatable bonds is 3. The Labute approximate surface area is 146 Å². The molecule has 3 rings (SSSR count). The molecule has 1 aliphatic heterocycles. The molecule has 2 aromatic carbocycles. The molecule has 0 saturated carbocycles. The zero-order valence-electron chi connectivity index (χ0n) is 14.4. The number of carbonyl (C=O) groups is 2. The molecule has 25 heavy (non-hydrogen) atoms. The fraction of sp³-hybridized carbons (Fsp3) is 0.300. The number of hydrogen-bond acceptors (Lipinski definition) is 5. The van der Waals surface area contributed by atoms with E-state index >= 15 is 0 Å². The minimum atomic E-state index is -2.24. The third kappa shape index (κ3) is 2.05. The minimum Gasteiger partial charge on any atom is -0.467 e. The van der Waals surface area contributed by atoms with Crippen LogP contribution in [-0.4, -0.2) is 29.8 Å². The molecule has 1 atom stereocenters. The Hall–Kier alpha value is -2.66. The first-order chi connectivity index (χ1) is 11.8. The van der Waals surface area contributed by atoms with Gasteiger partial charge in [0.05, 0.1) is 7.11 Å². The highest BCUT2D eigenvalue weighted by Gasteiger charge is 2.76. The van der Waals surface area contributed by atoms with Gasteiger partial charge in [0.2, 0.25) is 11.2 Å². The number of aliphatic hydroxyl groups is 1. The molecular formula is C20H20O5.